The van der Waals surface area contributed by atoms with Crippen molar-refractivity contribution in [3.8, 4) is 0 Å². The Bertz CT molecular complexity index is 592. The molecular weight excluding hydrogens is 272 g/mol. The second-order valence-electron chi connectivity index (χ2n) is 5.83. The predicted octanol–water partition coefficient (Wildman–Crippen LogP) is 2.68. The van der Waals surface area contributed by atoms with Gasteiger partial charge in [-0.25, -0.2) is 8.42 Å². The molecule has 1 aromatic carbocycles. The van der Waals surface area contributed by atoms with Gasteiger partial charge in [-0.1, -0.05) is 25.3 Å². The summed E-state index contributed by atoms with van der Waals surface area (Å²) in [7, 11) is -3.24. The van der Waals surface area contributed by atoms with Gasteiger partial charge in [-0.05, 0) is 43.4 Å². The summed E-state index contributed by atoms with van der Waals surface area (Å²) in [5.74, 6) is 0. The van der Waals surface area contributed by atoms with Crippen LogP contribution >= 0.6 is 0 Å². The Morgan fingerprint density at radius 2 is 1.85 bits per heavy atom. The van der Waals surface area contributed by atoms with Gasteiger partial charge in [0.25, 0.3) is 0 Å². The molecule has 1 aliphatic heterocycles. The molecule has 4 nitrogen and oxygen atoms in total. The molecule has 20 heavy (non-hydrogen) atoms. The van der Waals surface area contributed by atoms with E-state index in [1.807, 2.05) is 18.2 Å². The van der Waals surface area contributed by atoms with Crippen molar-refractivity contribution in [2.75, 3.05) is 16.6 Å². The molecule has 5 heteroatoms. The third-order valence-corrected chi connectivity index (χ3v) is 6.83. The summed E-state index contributed by atoms with van der Waals surface area (Å²) < 4.78 is 27.4. The number of anilines is 2. The summed E-state index contributed by atoms with van der Waals surface area (Å²) in [6.07, 6.45) is 6.55. The molecule has 2 aliphatic rings. The Morgan fingerprint density at radius 3 is 2.60 bits per heavy atom. The zero-order chi connectivity index (χ0) is 14.2. The minimum Gasteiger partial charge on any atom is -0.398 e. The fourth-order valence-electron chi connectivity index (χ4n) is 3.43. The third kappa shape index (κ3) is 2.28. The average Bonchev–Trinajstić information content (AvgIpc) is 2.48. The minimum absolute atomic E-state index is 0.205. The summed E-state index contributed by atoms with van der Waals surface area (Å²) in [6.45, 7) is 0.593. The fraction of sp³-hybridized carbons (Fsp3) is 0.600. The molecule has 0 amide bonds. The zero-order valence-electron chi connectivity index (χ0n) is 11.7. The molecule has 1 heterocycles. The first kappa shape index (κ1) is 13.7. The maximum atomic E-state index is 12.9. The molecule has 0 bridgehead atoms. The van der Waals surface area contributed by atoms with Gasteiger partial charge in [-0.2, -0.15) is 0 Å². The summed E-state index contributed by atoms with van der Waals surface area (Å²) in [4.78, 5) is 0. The van der Waals surface area contributed by atoms with E-state index in [2.05, 4.69) is 0 Å². The van der Waals surface area contributed by atoms with E-state index in [9.17, 15) is 8.42 Å². The van der Waals surface area contributed by atoms with Crippen molar-refractivity contribution < 1.29 is 8.42 Å². The first-order valence-electron chi connectivity index (χ1n) is 7.49. The molecule has 1 aromatic rings. The number of fused-ring (bicyclic) bond motifs is 1. The Labute approximate surface area is 121 Å². The van der Waals surface area contributed by atoms with Crippen LogP contribution in [0.5, 0.6) is 0 Å². The standard InChI is InChI=1S/C15H22N2O2S/c16-14-9-4-10-15-13(14)8-5-11-17(15)20(18,19)12-6-2-1-3-7-12/h4,9-10,12H,1-3,5-8,11,16H2. The van der Waals surface area contributed by atoms with Crippen LogP contribution < -0.4 is 10.0 Å². The minimum atomic E-state index is -3.24. The molecule has 0 aromatic heterocycles. The first-order valence-corrected chi connectivity index (χ1v) is 9.00. The van der Waals surface area contributed by atoms with Crippen LogP contribution in [0.25, 0.3) is 0 Å². The molecule has 1 fully saturated rings. The lowest BCUT2D eigenvalue weighted by Gasteiger charge is -2.35. The van der Waals surface area contributed by atoms with E-state index in [1.165, 1.54) is 0 Å². The van der Waals surface area contributed by atoms with Crippen LogP contribution in [0.1, 0.15) is 44.1 Å². The molecule has 0 atom stereocenters. The number of nitrogens with two attached hydrogens (primary N) is 1. The Kier molecular flexibility index (Phi) is 3.63. The van der Waals surface area contributed by atoms with Crippen molar-refractivity contribution in [2.45, 2.75) is 50.2 Å². The molecule has 0 saturated heterocycles. The van der Waals surface area contributed by atoms with Crippen molar-refractivity contribution in [3.63, 3.8) is 0 Å². The van der Waals surface area contributed by atoms with E-state index in [0.717, 1.165) is 56.2 Å². The normalized spacial score (nSPS) is 20.7. The third-order valence-electron chi connectivity index (χ3n) is 4.52. The summed E-state index contributed by atoms with van der Waals surface area (Å²) in [6, 6.07) is 5.60. The van der Waals surface area contributed by atoms with Crippen LogP contribution in [0.3, 0.4) is 0 Å². The van der Waals surface area contributed by atoms with Gasteiger partial charge in [0.1, 0.15) is 0 Å². The second kappa shape index (κ2) is 5.28. The van der Waals surface area contributed by atoms with Gasteiger partial charge < -0.3 is 5.73 Å². The highest BCUT2D eigenvalue weighted by molar-refractivity contribution is 7.93. The lowest BCUT2D eigenvalue weighted by molar-refractivity contribution is 0.480. The van der Waals surface area contributed by atoms with Gasteiger partial charge in [0.2, 0.25) is 10.0 Å². The number of hydrogen-bond acceptors (Lipinski definition) is 3. The maximum absolute atomic E-state index is 12.9. The van der Waals surface area contributed by atoms with Gasteiger partial charge in [0.05, 0.1) is 10.9 Å². The van der Waals surface area contributed by atoms with Crippen LogP contribution in [0.4, 0.5) is 11.4 Å². The zero-order valence-corrected chi connectivity index (χ0v) is 12.5. The van der Waals surface area contributed by atoms with Gasteiger partial charge in [0.15, 0.2) is 0 Å². The van der Waals surface area contributed by atoms with E-state index in [0.29, 0.717) is 12.2 Å². The van der Waals surface area contributed by atoms with Crippen LogP contribution in [-0.4, -0.2) is 20.2 Å². The topological polar surface area (TPSA) is 63.4 Å². The van der Waals surface area contributed by atoms with E-state index < -0.39 is 10.0 Å². The Morgan fingerprint density at radius 1 is 1.10 bits per heavy atom. The molecule has 110 valence electrons. The monoisotopic (exact) mass is 294 g/mol. The second-order valence-corrected chi connectivity index (χ2v) is 7.96. The van der Waals surface area contributed by atoms with Crippen LogP contribution in [0.2, 0.25) is 0 Å². The van der Waals surface area contributed by atoms with Gasteiger partial charge in [-0.3, -0.25) is 4.31 Å². The van der Waals surface area contributed by atoms with Crippen molar-refractivity contribution in [3.05, 3.63) is 23.8 Å². The first-order chi connectivity index (χ1) is 9.60. The van der Waals surface area contributed by atoms with E-state index >= 15 is 0 Å². The van der Waals surface area contributed by atoms with Crippen LogP contribution in [0.15, 0.2) is 18.2 Å². The quantitative estimate of drug-likeness (QED) is 0.853. The molecular formula is C15H22N2O2S. The lowest BCUT2D eigenvalue weighted by Crippen LogP contribution is -2.42. The van der Waals surface area contributed by atoms with Crippen molar-refractivity contribution in [1.29, 1.82) is 0 Å². The SMILES string of the molecule is Nc1cccc2c1CCCN2S(=O)(=O)C1CCCCC1. The van der Waals surface area contributed by atoms with Crippen molar-refractivity contribution in [2.24, 2.45) is 0 Å². The van der Waals surface area contributed by atoms with Gasteiger partial charge in [-0.15, -0.1) is 0 Å². The molecule has 3 rings (SSSR count). The Balaban J connectivity index is 1.97. The molecule has 0 radical (unpaired) electrons. The van der Waals surface area contributed by atoms with E-state index in [4.69, 9.17) is 5.73 Å². The molecule has 0 spiro atoms. The lowest BCUT2D eigenvalue weighted by atomic mass is 10.0. The predicted molar refractivity (Wildman–Crippen MR) is 82.3 cm³/mol. The summed E-state index contributed by atoms with van der Waals surface area (Å²) in [5.41, 5.74) is 8.52. The van der Waals surface area contributed by atoms with Gasteiger partial charge in [0, 0.05) is 12.2 Å². The number of hydrogen-bond donors (Lipinski definition) is 1. The maximum Gasteiger partial charge on any atom is 0.238 e. The summed E-state index contributed by atoms with van der Waals surface area (Å²) in [5, 5.41) is -0.205. The molecule has 0 unspecified atom stereocenters. The molecule has 1 aliphatic carbocycles. The van der Waals surface area contributed by atoms with Crippen LogP contribution in [0, 0.1) is 0 Å². The number of nitrogens with zero attached hydrogens (tertiary/aromatic N) is 1. The van der Waals surface area contributed by atoms with Gasteiger partial charge >= 0.3 is 0 Å². The fourth-order valence-corrected chi connectivity index (χ4v) is 5.54. The highest BCUT2D eigenvalue weighted by atomic mass is 32.2. The molecule has 1 saturated carbocycles. The highest BCUT2D eigenvalue weighted by Crippen LogP contribution is 2.36. The van der Waals surface area contributed by atoms with Crippen molar-refractivity contribution >= 4 is 21.4 Å². The highest BCUT2D eigenvalue weighted by Gasteiger charge is 2.35. The molecule has 2 N–H and O–H groups in total. The largest absolute Gasteiger partial charge is 0.398 e. The number of rotatable bonds is 2. The number of nitrogen functional groups attached to an aromatic ring is 1. The van der Waals surface area contributed by atoms with E-state index in [-0.39, 0.29) is 5.25 Å². The average molecular weight is 294 g/mol. The van der Waals surface area contributed by atoms with E-state index in [1.54, 1.807) is 4.31 Å². The summed E-state index contributed by atoms with van der Waals surface area (Å²) >= 11 is 0. The van der Waals surface area contributed by atoms with Crippen molar-refractivity contribution in [1.82, 2.24) is 0 Å². The van der Waals surface area contributed by atoms with Crippen LogP contribution in [-0.2, 0) is 16.4 Å². The smallest absolute Gasteiger partial charge is 0.238 e. The number of benzene rings is 1. The Hall–Kier alpha value is -1.23. The number of sulfonamides is 1.